The zero-order valence-corrected chi connectivity index (χ0v) is 19.0. The SMILES string of the molecule is CCCN=C(NCCn1cnnc1CC)N(C)Cc1ccc(OC)cc1.I. The van der Waals surface area contributed by atoms with Crippen molar-refractivity contribution in [2.24, 2.45) is 4.99 Å². The van der Waals surface area contributed by atoms with Crippen LogP contribution in [0.4, 0.5) is 0 Å². The maximum atomic E-state index is 5.22. The fourth-order valence-corrected chi connectivity index (χ4v) is 2.64. The first-order chi connectivity index (χ1) is 12.7. The summed E-state index contributed by atoms with van der Waals surface area (Å²) in [6.45, 7) is 7.41. The van der Waals surface area contributed by atoms with Crippen molar-refractivity contribution in [2.75, 3.05) is 27.2 Å². The Hall–Kier alpha value is -1.84. The predicted octanol–water partition coefficient (Wildman–Crippen LogP) is 2.95. The summed E-state index contributed by atoms with van der Waals surface area (Å²) in [6, 6.07) is 8.13. The molecule has 1 aromatic carbocycles. The molecule has 0 fully saturated rings. The number of halogens is 1. The minimum Gasteiger partial charge on any atom is -0.497 e. The second-order valence-corrected chi connectivity index (χ2v) is 6.13. The number of aromatic nitrogens is 3. The van der Waals surface area contributed by atoms with Crippen LogP contribution in [-0.4, -0.2) is 52.9 Å². The van der Waals surface area contributed by atoms with E-state index in [1.807, 2.05) is 12.1 Å². The summed E-state index contributed by atoms with van der Waals surface area (Å²) >= 11 is 0. The molecule has 0 aliphatic heterocycles. The summed E-state index contributed by atoms with van der Waals surface area (Å²) in [5.41, 5.74) is 1.21. The maximum Gasteiger partial charge on any atom is 0.194 e. The molecule has 0 aliphatic rings. The lowest BCUT2D eigenvalue weighted by Crippen LogP contribution is -2.40. The monoisotopic (exact) mass is 486 g/mol. The van der Waals surface area contributed by atoms with Crippen LogP contribution in [0.5, 0.6) is 5.75 Å². The highest BCUT2D eigenvalue weighted by atomic mass is 127. The average molecular weight is 486 g/mol. The molecule has 2 aromatic rings. The number of aryl methyl sites for hydroxylation is 1. The van der Waals surface area contributed by atoms with Gasteiger partial charge in [-0.1, -0.05) is 26.0 Å². The fourth-order valence-electron chi connectivity index (χ4n) is 2.64. The number of ether oxygens (including phenoxy) is 1. The summed E-state index contributed by atoms with van der Waals surface area (Å²) in [6.07, 6.45) is 3.69. The first-order valence-corrected chi connectivity index (χ1v) is 9.17. The van der Waals surface area contributed by atoms with E-state index in [4.69, 9.17) is 9.73 Å². The Kier molecular flexibility index (Phi) is 10.8. The number of guanidine groups is 1. The molecule has 0 spiro atoms. The molecule has 0 bridgehead atoms. The molecule has 27 heavy (non-hydrogen) atoms. The Labute approximate surface area is 179 Å². The van der Waals surface area contributed by atoms with E-state index in [2.05, 4.69) is 58.0 Å². The van der Waals surface area contributed by atoms with E-state index >= 15 is 0 Å². The zero-order valence-electron chi connectivity index (χ0n) is 16.7. The van der Waals surface area contributed by atoms with Crippen LogP contribution in [0.3, 0.4) is 0 Å². The number of hydrogen-bond donors (Lipinski definition) is 1. The second kappa shape index (κ2) is 12.5. The molecule has 2 rings (SSSR count). The van der Waals surface area contributed by atoms with Crippen molar-refractivity contribution in [3.8, 4) is 5.75 Å². The van der Waals surface area contributed by atoms with E-state index in [-0.39, 0.29) is 24.0 Å². The van der Waals surface area contributed by atoms with E-state index in [1.54, 1.807) is 13.4 Å². The van der Waals surface area contributed by atoms with Gasteiger partial charge in [-0.25, -0.2) is 0 Å². The predicted molar refractivity (Wildman–Crippen MR) is 120 cm³/mol. The lowest BCUT2D eigenvalue weighted by molar-refractivity contribution is 0.414. The van der Waals surface area contributed by atoms with Crippen molar-refractivity contribution < 1.29 is 4.74 Å². The molecule has 7 nitrogen and oxygen atoms in total. The third kappa shape index (κ3) is 7.36. The highest BCUT2D eigenvalue weighted by molar-refractivity contribution is 14.0. The number of nitrogens with one attached hydrogen (secondary N) is 1. The third-order valence-electron chi connectivity index (χ3n) is 4.07. The summed E-state index contributed by atoms with van der Waals surface area (Å²) in [4.78, 5) is 6.84. The molecule has 0 saturated heterocycles. The first-order valence-electron chi connectivity index (χ1n) is 9.17. The Morgan fingerprint density at radius 2 is 2.00 bits per heavy atom. The van der Waals surface area contributed by atoms with Gasteiger partial charge in [0.2, 0.25) is 0 Å². The normalized spacial score (nSPS) is 11.0. The molecule has 0 unspecified atom stereocenters. The largest absolute Gasteiger partial charge is 0.497 e. The molecule has 150 valence electrons. The van der Waals surface area contributed by atoms with Crippen molar-refractivity contribution in [1.82, 2.24) is 25.0 Å². The van der Waals surface area contributed by atoms with Crippen molar-refractivity contribution in [3.05, 3.63) is 42.0 Å². The number of methoxy groups -OCH3 is 1. The number of rotatable bonds is 9. The Morgan fingerprint density at radius 1 is 1.26 bits per heavy atom. The topological polar surface area (TPSA) is 67.6 Å². The van der Waals surface area contributed by atoms with Crippen LogP contribution in [-0.2, 0) is 19.5 Å². The Balaban J connectivity index is 0.00000364. The minimum atomic E-state index is 0. The number of nitrogens with zero attached hydrogens (tertiary/aromatic N) is 5. The summed E-state index contributed by atoms with van der Waals surface area (Å²) in [7, 11) is 3.74. The molecule has 0 aliphatic carbocycles. The Bertz CT molecular complexity index is 686. The van der Waals surface area contributed by atoms with E-state index < -0.39 is 0 Å². The molecule has 8 heteroatoms. The third-order valence-corrected chi connectivity index (χ3v) is 4.07. The van der Waals surface area contributed by atoms with Crippen LogP contribution in [0.1, 0.15) is 31.7 Å². The standard InChI is InChI=1S/C19H30N6O.HI/c1-5-11-20-19(21-12-13-25-15-22-23-18(25)6-2)24(3)14-16-7-9-17(26-4)10-8-16;/h7-10,15H,5-6,11-14H2,1-4H3,(H,20,21);1H. The van der Waals surface area contributed by atoms with Crippen LogP contribution in [0.2, 0.25) is 0 Å². The molecule has 1 aromatic heterocycles. The molecule has 0 atom stereocenters. The van der Waals surface area contributed by atoms with E-state index in [0.29, 0.717) is 0 Å². The van der Waals surface area contributed by atoms with Crippen LogP contribution in [0.15, 0.2) is 35.6 Å². The fraction of sp³-hybridized carbons (Fsp3) is 0.526. The minimum absolute atomic E-state index is 0. The van der Waals surface area contributed by atoms with E-state index in [9.17, 15) is 0 Å². The highest BCUT2D eigenvalue weighted by Crippen LogP contribution is 2.12. The number of benzene rings is 1. The summed E-state index contributed by atoms with van der Waals surface area (Å²) in [5, 5.41) is 11.6. The smallest absolute Gasteiger partial charge is 0.194 e. The molecule has 1 N–H and O–H groups in total. The quantitative estimate of drug-likeness (QED) is 0.336. The van der Waals surface area contributed by atoms with Crippen LogP contribution >= 0.6 is 24.0 Å². The maximum absolute atomic E-state index is 5.22. The van der Waals surface area contributed by atoms with Crippen molar-refractivity contribution in [3.63, 3.8) is 0 Å². The lowest BCUT2D eigenvalue weighted by Gasteiger charge is -2.23. The van der Waals surface area contributed by atoms with E-state index in [0.717, 1.165) is 56.6 Å². The lowest BCUT2D eigenvalue weighted by atomic mass is 10.2. The zero-order chi connectivity index (χ0) is 18.8. The number of hydrogen-bond acceptors (Lipinski definition) is 4. The van der Waals surface area contributed by atoms with Crippen LogP contribution in [0.25, 0.3) is 0 Å². The molecule has 0 saturated carbocycles. The number of aliphatic imine (C=N–C) groups is 1. The van der Waals surface area contributed by atoms with Crippen LogP contribution in [0, 0.1) is 0 Å². The van der Waals surface area contributed by atoms with E-state index in [1.165, 1.54) is 5.56 Å². The summed E-state index contributed by atoms with van der Waals surface area (Å²) < 4.78 is 7.30. The van der Waals surface area contributed by atoms with Gasteiger partial charge in [0, 0.05) is 39.6 Å². The first kappa shape index (κ1) is 23.2. The second-order valence-electron chi connectivity index (χ2n) is 6.13. The van der Waals surface area contributed by atoms with Gasteiger partial charge in [-0.3, -0.25) is 4.99 Å². The Morgan fingerprint density at radius 3 is 2.63 bits per heavy atom. The average Bonchev–Trinajstić information content (AvgIpc) is 3.12. The van der Waals surface area contributed by atoms with Gasteiger partial charge in [0.1, 0.15) is 17.9 Å². The molecular formula is C19H31IN6O. The van der Waals surface area contributed by atoms with Crippen molar-refractivity contribution in [1.29, 1.82) is 0 Å². The van der Waals surface area contributed by atoms with Gasteiger partial charge in [-0.15, -0.1) is 34.2 Å². The van der Waals surface area contributed by atoms with Crippen molar-refractivity contribution >= 4 is 29.9 Å². The molecule has 0 radical (unpaired) electrons. The van der Waals surface area contributed by atoms with Crippen LogP contribution < -0.4 is 10.1 Å². The molecule has 1 heterocycles. The van der Waals surface area contributed by atoms with Gasteiger partial charge in [0.25, 0.3) is 0 Å². The van der Waals surface area contributed by atoms with Gasteiger partial charge in [-0.2, -0.15) is 0 Å². The van der Waals surface area contributed by atoms with Gasteiger partial charge < -0.3 is 19.5 Å². The van der Waals surface area contributed by atoms with Gasteiger partial charge in [-0.05, 0) is 24.1 Å². The molecule has 0 amide bonds. The highest BCUT2D eigenvalue weighted by Gasteiger charge is 2.08. The van der Waals surface area contributed by atoms with Gasteiger partial charge in [0.15, 0.2) is 5.96 Å². The van der Waals surface area contributed by atoms with Crippen molar-refractivity contribution in [2.45, 2.75) is 39.8 Å². The summed E-state index contributed by atoms with van der Waals surface area (Å²) in [5.74, 6) is 2.79. The molecular weight excluding hydrogens is 455 g/mol. The van der Waals surface area contributed by atoms with Gasteiger partial charge >= 0.3 is 0 Å². The van der Waals surface area contributed by atoms with Gasteiger partial charge in [0.05, 0.1) is 7.11 Å².